The lowest BCUT2D eigenvalue weighted by atomic mass is 9.99. The molecule has 1 unspecified atom stereocenters. The monoisotopic (exact) mass is 248 g/mol. The average Bonchev–Trinajstić information content (AvgIpc) is 3.01. The standard InChI is InChI=1S/C12H16N4S/c1-2-7-16(9-12-13-6-8-17-12)11(3-1)10-4-5-14-15-10/h4-6,8,11H,1-3,7,9H2,(H,14,15). The van der Waals surface area contributed by atoms with Gasteiger partial charge in [-0.05, 0) is 25.5 Å². The van der Waals surface area contributed by atoms with Gasteiger partial charge in [0.1, 0.15) is 5.01 Å². The molecule has 1 atom stereocenters. The summed E-state index contributed by atoms with van der Waals surface area (Å²) in [6, 6.07) is 2.57. The first-order valence-corrected chi connectivity index (χ1v) is 6.93. The van der Waals surface area contributed by atoms with E-state index in [4.69, 9.17) is 0 Å². The molecule has 1 fully saturated rings. The fourth-order valence-corrected chi connectivity index (χ4v) is 3.13. The van der Waals surface area contributed by atoms with Crippen LogP contribution < -0.4 is 0 Å². The lowest BCUT2D eigenvalue weighted by Gasteiger charge is -2.34. The minimum atomic E-state index is 0.482. The molecule has 90 valence electrons. The molecule has 0 radical (unpaired) electrons. The van der Waals surface area contributed by atoms with E-state index in [2.05, 4.69) is 26.1 Å². The lowest BCUT2D eigenvalue weighted by Crippen LogP contribution is -2.33. The minimum Gasteiger partial charge on any atom is -0.288 e. The molecule has 0 bridgehead atoms. The van der Waals surface area contributed by atoms with Gasteiger partial charge in [-0.3, -0.25) is 10.00 Å². The van der Waals surface area contributed by atoms with Crippen LogP contribution in [0.25, 0.3) is 0 Å². The summed E-state index contributed by atoms with van der Waals surface area (Å²) >= 11 is 1.74. The predicted octanol–water partition coefficient (Wildman–Crippen LogP) is 2.59. The maximum Gasteiger partial charge on any atom is 0.107 e. The van der Waals surface area contributed by atoms with E-state index in [0.29, 0.717) is 6.04 Å². The average molecular weight is 248 g/mol. The predicted molar refractivity (Wildman–Crippen MR) is 67.7 cm³/mol. The van der Waals surface area contributed by atoms with Crippen LogP contribution in [0.4, 0.5) is 0 Å². The molecule has 17 heavy (non-hydrogen) atoms. The van der Waals surface area contributed by atoms with Crippen LogP contribution in [0.2, 0.25) is 0 Å². The van der Waals surface area contributed by atoms with Crippen LogP contribution in [0.3, 0.4) is 0 Å². The second kappa shape index (κ2) is 4.98. The van der Waals surface area contributed by atoms with E-state index in [9.17, 15) is 0 Å². The fraction of sp³-hybridized carbons (Fsp3) is 0.500. The molecule has 1 saturated heterocycles. The molecule has 1 N–H and O–H groups in total. The van der Waals surface area contributed by atoms with Gasteiger partial charge in [-0.25, -0.2) is 4.98 Å². The van der Waals surface area contributed by atoms with Gasteiger partial charge in [0, 0.05) is 17.8 Å². The molecule has 0 aromatic carbocycles. The number of thiazole rings is 1. The Labute approximate surface area is 105 Å². The molecule has 1 aliphatic rings. The highest BCUT2D eigenvalue weighted by molar-refractivity contribution is 7.09. The zero-order valence-corrected chi connectivity index (χ0v) is 10.5. The van der Waals surface area contributed by atoms with E-state index in [1.807, 2.05) is 17.8 Å². The summed E-state index contributed by atoms with van der Waals surface area (Å²) in [6.07, 6.45) is 7.53. The highest BCUT2D eigenvalue weighted by atomic mass is 32.1. The molecular formula is C12H16N4S. The van der Waals surface area contributed by atoms with Crippen molar-refractivity contribution in [3.8, 4) is 0 Å². The summed E-state index contributed by atoms with van der Waals surface area (Å²) in [5, 5.41) is 10.4. The first-order valence-electron chi connectivity index (χ1n) is 6.05. The van der Waals surface area contributed by atoms with Crippen molar-refractivity contribution in [1.82, 2.24) is 20.1 Å². The van der Waals surface area contributed by atoms with Crippen LogP contribution in [0.1, 0.15) is 36.0 Å². The summed E-state index contributed by atoms with van der Waals surface area (Å²) < 4.78 is 0. The van der Waals surface area contributed by atoms with Gasteiger partial charge in [-0.1, -0.05) is 6.42 Å². The van der Waals surface area contributed by atoms with Crippen molar-refractivity contribution in [3.05, 3.63) is 34.5 Å². The second-order valence-corrected chi connectivity index (χ2v) is 5.40. The van der Waals surface area contributed by atoms with Crippen LogP contribution in [0, 0.1) is 0 Å². The van der Waals surface area contributed by atoms with Crippen molar-refractivity contribution in [2.45, 2.75) is 31.8 Å². The summed E-state index contributed by atoms with van der Waals surface area (Å²) in [7, 11) is 0. The molecular weight excluding hydrogens is 232 g/mol. The lowest BCUT2D eigenvalue weighted by molar-refractivity contribution is 0.137. The van der Waals surface area contributed by atoms with Crippen molar-refractivity contribution in [2.75, 3.05) is 6.54 Å². The zero-order chi connectivity index (χ0) is 11.5. The van der Waals surface area contributed by atoms with Crippen molar-refractivity contribution in [3.63, 3.8) is 0 Å². The number of nitrogens with zero attached hydrogens (tertiary/aromatic N) is 3. The van der Waals surface area contributed by atoms with Gasteiger partial charge < -0.3 is 0 Å². The summed E-state index contributed by atoms with van der Waals surface area (Å²) in [6.45, 7) is 2.12. The number of aromatic nitrogens is 3. The van der Waals surface area contributed by atoms with Crippen molar-refractivity contribution in [2.24, 2.45) is 0 Å². The van der Waals surface area contributed by atoms with E-state index < -0.39 is 0 Å². The molecule has 0 amide bonds. The van der Waals surface area contributed by atoms with Gasteiger partial charge in [0.25, 0.3) is 0 Å². The molecule has 0 spiro atoms. The number of H-pyrrole nitrogens is 1. The Hall–Kier alpha value is -1.20. The highest BCUT2D eigenvalue weighted by Crippen LogP contribution is 2.30. The van der Waals surface area contributed by atoms with E-state index in [-0.39, 0.29) is 0 Å². The highest BCUT2D eigenvalue weighted by Gasteiger charge is 2.25. The number of hydrogen-bond acceptors (Lipinski definition) is 4. The van der Waals surface area contributed by atoms with E-state index >= 15 is 0 Å². The molecule has 4 nitrogen and oxygen atoms in total. The van der Waals surface area contributed by atoms with Crippen molar-refractivity contribution in [1.29, 1.82) is 0 Å². The summed E-state index contributed by atoms with van der Waals surface area (Å²) in [5.74, 6) is 0. The molecule has 2 aromatic heterocycles. The quantitative estimate of drug-likeness (QED) is 0.908. The Morgan fingerprint density at radius 3 is 3.18 bits per heavy atom. The third-order valence-electron chi connectivity index (χ3n) is 3.32. The Balaban J connectivity index is 1.76. The molecule has 3 heterocycles. The maximum absolute atomic E-state index is 4.38. The number of piperidine rings is 1. The van der Waals surface area contributed by atoms with E-state index in [1.165, 1.54) is 30.0 Å². The Bertz CT molecular complexity index is 437. The van der Waals surface area contributed by atoms with Crippen molar-refractivity contribution >= 4 is 11.3 Å². The molecule has 3 rings (SSSR count). The Kier molecular flexibility index (Phi) is 3.20. The second-order valence-electron chi connectivity index (χ2n) is 4.42. The normalized spacial score (nSPS) is 21.8. The van der Waals surface area contributed by atoms with Crippen LogP contribution in [0.5, 0.6) is 0 Å². The van der Waals surface area contributed by atoms with Crippen molar-refractivity contribution < 1.29 is 0 Å². The number of aromatic amines is 1. The molecule has 5 heteroatoms. The molecule has 0 aliphatic carbocycles. The summed E-state index contributed by atoms with van der Waals surface area (Å²) in [4.78, 5) is 6.89. The maximum atomic E-state index is 4.38. The van der Waals surface area contributed by atoms with E-state index in [1.54, 1.807) is 11.3 Å². The van der Waals surface area contributed by atoms with Crippen LogP contribution in [-0.2, 0) is 6.54 Å². The fourth-order valence-electron chi connectivity index (χ4n) is 2.49. The Morgan fingerprint density at radius 1 is 1.41 bits per heavy atom. The molecule has 1 aliphatic heterocycles. The Morgan fingerprint density at radius 2 is 2.41 bits per heavy atom. The topological polar surface area (TPSA) is 44.8 Å². The van der Waals surface area contributed by atoms with Gasteiger partial charge in [0.05, 0.1) is 18.3 Å². The van der Waals surface area contributed by atoms with Gasteiger partial charge in [0.15, 0.2) is 0 Å². The first-order chi connectivity index (χ1) is 8.43. The molecule has 2 aromatic rings. The van der Waals surface area contributed by atoms with Gasteiger partial charge in [-0.15, -0.1) is 11.3 Å². The number of hydrogen-bond donors (Lipinski definition) is 1. The minimum absolute atomic E-state index is 0.482. The van der Waals surface area contributed by atoms with Crippen LogP contribution in [-0.4, -0.2) is 26.6 Å². The number of rotatable bonds is 3. The van der Waals surface area contributed by atoms with Crippen LogP contribution >= 0.6 is 11.3 Å². The third-order valence-corrected chi connectivity index (χ3v) is 4.08. The third kappa shape index (κ3) is 2.40. The van der Waals surface area contributed by atoms with Gasteiger partial charge >= 0.3 is 0 Å². The molecule has 0 saturated carbocycles. The largest absolute Gasteiger partial charge is 0.288 e. The smallest absolute Gasteiger partial charge is 0.107 e. The van der Waals surface area contributed by atoms with Crippen LogP contribution in [0.15, 0.2) is 23.8 Å². The van der Waals surface area contributed by atoms with E-state index in [0.717, 1.165) is 13.1 Å². The van der Waals surface area contributed by atoms with Gasteiger partial charge in [-0.2, -0.15) is 5.10 Å². The number of nitrogens with one attached hydrogen (secondary N) is 1. The SMILES string of the molecule is c1cc(C2CCCCN2Cc2nccs2)[nH]n1. The zero-order valence-electron chi connectivity index (χ0n) is 9.67. The van der Waals surface area contributed by atoms with Gasteiger partial charge in [0.2, 0.25) is 0 Å². The summed E-state index contributed by atoms with van der Waals surface area (Å²) in [5.41, 5.74) is 1.24. The number of likely N-dealkylation sites (tertiary alicyclic amines) is 1. The first kappa shape index (κ1) is 10.9.